The third-order valence-electron chi connectivity index (χ3n) is 3.51. The summed E-state index contributed by atoms with van der Waals surface area (Å²) in [4.78, 5) is 23.8. The van der Waals surface area contributed by atoms with E-state index in [-0.39, 0.29) is 24.3 Å². The van der Waals surface area contributed by atoms with Gasteiger partial charge in [0.05, 0.1) is 13.2 Å². The molecule has 0 aliphatic heterocycles. The lowest BCUT2D eigenvalue weighted by Crippen LogP contribution is -2.37. The maximum absolute atomic E-state index is 11.9. The Labute approximate surface area is 130 Å². The van der Waals surface area contributed by atoms with E-state index in [0.29, 0.717) is 12.3 Å². The smallest absolute Gasteiger partial charge is 0.243 e. The molecule has 0 radical (unpaired) electrons. The van der Waals surface area contributed by atoms with Gasteiger partial charge in [-0.3, -0.25) is 9.59 Å². The number of nitrogens with one attached hydrogen (secondary N) is 2. The topological polar surface area (TPSA) is 67.4 Å². The minimum atomic E-state index is -0.233. The van der Waals surface area contributed by atoms with Gasteiger partial charge in [-0.05, 0) is 50.5 Å². The molecule has 1 aromatic rings. The van der Waals surface area contributed by atoms with Crippen LogP contribution in [0.1, 0.15) is 26.2 Å². The molecule has 1 aliphatic carbocycles. The van der Waals surface area contributed by atoms with Crippen LogP contribution in [-0.2, 0) is 9.59 Å². The molecule has 0 saturated heterocycles. The van der Waals surface area contributed by atoms with Crippen LogP contribution in [0, 0.1) is 5.92 Å². The molecular weight excluding hydrogens is 280 g/mol. The van der Waals surface area contributed by atoms with Crippen molar-refractivity contribution in [3.8, 4) is 5.75 Å². The number of benzene rings is 1. The predicted molar refractivity (Wildman–Crippen MR) is 85.7 cm³/mol. The van der Waals surface area contributed by atoms with Gasteiger partial charge in [-0.15, -0.1) is 0 Å². The van der Waals surface area contributed by atoms with Crippen LogP contribution in [0.15, 0.2) is 36.4 Å². The van der Waals surface area contributed by atoms with Crippen LogP contribution in [0.4, 0.5) is 5.69 Å². The maximum atomic E-state index is 11.9. The SMILES string of the molecule is CCOc1ccc(NC(=O)CNC(=O)[C@H]2CC=CCC2)cc1. The van der Waals surface area contributed by atoms with Crippen LogP contribution in [-0.4, -0.2) is 25.0 Å². The van der Waals surface area contributed by atoms with Crippen molar-refractivity contribution >= 4 is 17.5 Å². The second kappa shape index (κ2) is 8.22. The normalized spacial score (nSPS) is 16.9. The average molecular weight is 302 g/mol. The fraction of sp³-hybridized carbons (Fsp3) is 0.412. The number of amides is 2. The Morgan fingerprint density at radius 1 is 1.23 bits per heavy atom. The number of ether oxygens (including phenoxy) is 1. The van der Waals surface area contributed by atoms with E-state index >= 15 is 0 Å². The van der Waals surface area contributed by atoms with Gasteiger partial charge in [0.2, 0.25) is 11.8 Å². The Morgan fingerprint density at radius 3 is 2.64 bits per heavy atom. The fourth-order valence-corrected chi connectivity index (χ4v) is 2.35. The summed E-state index contributed by atoms with van der Waals surface area (Å²) in [6.07, 6.45) is 6.64. The predicted octanol–water partition coefficient (Wildman–Crippen LogP) is 2.50. The third-order valence-corrected chi connectivity index (χ3v) is 3.51. The molecule has 1 atom stereocenters. The highest BCUT2D eigenvalue weighted by molar-refractivity contribution is 5.94. The molecule has 0 bridgehead atoms. The highest BCUT2D eigenvalue weighted by Crippen LogP contribution is 2.18. The Bertz CT molecular complexity index is 537. The summed E-state index contributed by atoms with van der Waals surface area (Å²) in [5.74, 6) is 0.470. The van der Waals surface area contributed by atoms with E-state index in [0.717, 1.165) is 25.0 Å². The van der Waals surface area contributed by atoms with Crippen molar-refractivity contribution in [3.63, 3.8) is 0 Å². The molecule has 2 amide bonds. The molecule has 1 aliphatic rings. The van der Waals surface area contributed by atoms with E-state index < -0.39 is 0 Å². The number of rotatable bonds is 6. The van der Waals surface area contributed by atoms with Crippen molar-refractivity contribution in [2.24, 2.45) is 5.92 Å². The zero-order chi connectivity index (χ0) is 15.8. The van der Waals surface area contributed by atoms with Crippen molar-refractivity contribution < 1.29 is 14.3 Å². The van der Waals surface area contributed by atoms with Crippen molar-refractivity contribution in [2.45, 2.75) is 26.2 Å². The van der Waals surface area contributed by atoms with Crippen molar-refractivity contribution in [3.05, 3.63) is 36.4 Å². The number of allylic oxidation sites excluding steroid dienone is 2. The minimum absolute atomic E-state index is 0.00768. The van der Waals surface area contributed by atoms with Crippen LogP contribution in [0.3, 0.4) is 0 Å². The van der Waals surface area contributed by atoms with E-state index in [1.54, 1.807) is 24.3 Å². The molecule has 2 rings (SSSR count). The summed E-state index contributed by atoms with van der Waals surface area (Å²) >= 11 is 0. The van der Waals surface area contributed by atoms with Crippen molar-refractivity contribution in [1.82, 2.24) is 5.32 Å². The summed E-state index contributed by atoms with van der Waals surface area (Å²) in [5, 5.41) is 5.44. The fourth-order valence-electron chi connectivity index (χ4n) is 2.35. The van der Waals surface area contributed by atoms with Crippen molar-refractivity contribution in [1.29, 1.82) is 0 Å². The second-order valence-electron chi connectivity index (χ2n) is 5.20. The van der Waals surface area contributed by atoms with E-state index in [9.17, 15) is 9.59 Å². The van der Waals surface area contributed by atoms with Gasteiger partial charge < -0.3 is 15.4 Å². The molecule has 0 unspecified atom stereocenters. The van der Waals surface area contributed by atoms with Crippen LogP contribution in [0.25, 0.3) is 0 Å². The highest BCUT2D eigenvalue weighted by Gasteiger charge is 2.18. The standard InChI is InChI=1S/C17H22N2O3/c1-2-22-15-10-8-14(9-11-15)19-16(20)12-18-17(21)13-6-4-3-5-7-13/h3-4,8-11,13H,2,5-7,12H2,1H3,(H,18,21)(H,19,20)/t13-/m0/s1. The first-order valence-corrected chi connectivity index (χ1v) is 7.64. The molecular formula is C17H22N2O3. The van der Waals surface area contributed by atoms with Gasteiger partial charge in [0.1, 0.15) is 5.75 Å². The molecule has 5 heteroatoms. The van der Waals surface area contributed by atoms with E-state index in [1.807, 2.05) is 13.0 Å². The average Bonchev–Trinajstić information content (AvgIpc) is 2.55. The van der Waals surface area contributed by atoms with Crippen molar-refractivity contribution in [2.75, 3.05) is 18.5 Å². The molecule has 0 heterocycles. The van der Waals surface area contributed by atoms with Crippen LogP contribution in [0.5, 0.6) is 5.75 Å². The van der Waals surface area contributed by atoms with Gasteiger partial charge >= 0.3 is 0 Å². The first-order valence-electron chi connectivity index (χ1n) is 7.64. The van der Waals surface area contributed by atoms with Crippen LogP contribution < -0.4 is 15.4 Å². The van der Waals surface area contributed by atoms with Gasteiger partial charge in [0.15, 0.2) is 0 Å². The zero-order valence-electron chi connectivity index (χ0n) is 12.8. The number of hydrogen-bond acceptors (Lipinski definition) is 3. The van der Waals surface area contributed by atoms with Gasteiger partial charge in [0.25, 0.3) is 0 Å². The lowest BCUT2D eigenvalue weighted by Gasteiger charge is -2.17. The highest BCUT2D eigenvalue weighted by atomic mass is 16.5. The van der Waals surface area contributed by atoms with E-state index in [4.69, 9.17) is 4.74 Å². The third kappa shape index (κ3) is 4.91. The Kier molecular flexibility index (Phi) is 6.01. The summed E-state index contributed by atoms with van der Waals surface area (Å²) < 4.78 is 5.34. The monoisotopic (exact) mass is 302 g/mol. The summed E-state index contributed by atoms with van der Waals surface area (Å²) in [7, 11) is 0. The summed E-state index contributed by atoms with van der Waals surface area (Å²) in [5.41, 5.74) is 0.684. The maximum Gasteiger partial charge on any atom is 0.243 e. The largest absolute Gasteiger partial charge is 0.494 e. The van der Waals surface area contributed by atoms with Gasteiger partial charge in [0, 0.05) is 11.6 Å². The van der Waals surface area contributed by atoms with E-state index in [2.05, 4.69) is 16.7 Å². The molecule has 1 aromatic carbocycles. The Morgan fingerprint density at radius 2 is 2.00 bits per heavy atom. The number of carbonyl (C=O) groups excluding carboxylic acids is 2. The molecule has 5 nitrogen and oxygen atoms in total. The second-order valence-corrected chi connectivity index (χ2v) is 5.20. The van der Waals surface area contributed by atoms with Gasteiger partial charge in [-0.1, -0.05) is 12.2 Å². The molecule has 0 saturated carbocycles. The lowest BCUT2D eigenvalue weighted by atomic mass is 9.94. The van der Waals surface area contributed by atoms with E-state index in [1.165, 1.54) is 0 Å². The summed E-state index contributed by atoms with van der Waals surface area (Å²) in [6, 6.07) is 7.14. The number of anilines is 1. The lowest BCUT2D eigenvalue weighted by molar-refractivity contribution is -0.127. The van der Waals surface area contributed by atoms with Crippen LogP contribution >= 0.6 is 0 Å². The molecule has 118 valence electrons. The Hall–Kier alpha value is -2.30. The first-order chi connectivity index (χ1) is 10.7. The number of carbonyl (C=O) groups is 2. The molecule has 0 fully saturated rings. The van der Waals surface area contributed by atoms with Crippen LogP contribution in [0.2, 0.25) is 0 Å². The molecule has 22 heavy (non-hydrogen) atoms. The zero-order valence-corrected chi connectivity index (χ0v) is 12.8. The van der Waals surface area contributed by atoms with Gasteiger partial charge in [-0.25, -0.2) is 0 Å². The Balaban J connectivity index is 1.75. The minimum Gasteiger partial charge on any atom is -0.494 e. The molecule has 2 N–H and O–H groups in total. The number of hydrogen-bond donors (Lipinski definition) is 2. The first kappa shape index (κ1) is 16.1. The van der Waals surface area contributed by atoms with Gasteiger partial charge in [-0.2, -0.15) is 0 Å². The quantitative estimate of drug-likeness (QED) is 0.793. The molecule has 0 spiro atoms. The molecule has 0 aromatic heterocycles. The summed E-state index contributed by atoms with van der Waals surface area (Å²) in [6.45, 7) is 2.51.